The van der Waals surface area contributed by atoms with E-state index in [1.54, 1.807) is 0 Å². The number of rotatable bonds is 41. The van der Waals surface area contributed by atoms with Crippen molar-refractivity contribution in [3.05, 3.63) is 48.6 Å². The summed E-state index contributed by atoms with van der Waals surface area (Å²) in [6, 6.07) is 0. The van der Waals surface area contributed by atoms with E-state index in [1.165, 1.54) is 64.2 Å². The van der Waals surface area contributed by atoms with Gasteiger partial charge in [0.25, 0.3) is 0 Å². The van der Waals surface area contributed by atoms with Crippen LogP contribution in [0.4, 0.5) is 0 Å². The number of quaternary nitrogens is 1. The SMILES string of the molecule is CC/C=C\C/C=C\C/C=C\C/C=C\CCCCCCCCC(=O)OC(COC(=O)CCCCCCCCCCCCCCC)COC(OCC[N+](C)(C)C)C(=O)[O-]. The maximum atomic E-state index is 12.8. The normalized spacial score (nSPS) is 13.4. The van der Waals surface area contributed by atoms with Gasteiger partial charge < -0.3 is 33.3 Å². The summed E-state index contributed by atoms with van der Waals surface area (Å²) in [7, 11) is 5.90. The number of likely N-dealkylation sites (N-methyl/N-ethyl adjacent to an activating group) is 1. The fourth-order valence-corrected chi connectivity index (χ4v) is 6.05. The van der Waals surface area contributed by atoms with Gasteiger partial charge in [-0.15, -0.1) is 0 Å². The van der Waals surface area contributed by atoms with Crippen LogP contribution in [0.2, 0.25) is 0 Å². The summed E-state index contributed by atoms with van der Waals surface area (Å²) in [5.41, 5.74) is 0. The fourth-order valence-electron chi connectivity index (χ4n) is 6.05. The van der Waals surface area contributed by atoms with Gasteiger partial charge in [0.05, 0.1) is 40.3 Å². The number of hydrogen-bond acceptors (Lipinski definition) is 8. The van der Waals surface area contributed by atoms with Crippen LogP contribution in [0.5, 0.6) is 0 Å². The zero-order valence-corrected chi connectivity index (χ0v) is 37.2. The minimum absolute atomic E-state index is 0.144. The van der Waals surface area contributed by atoms with Crippen molar-refractivity contribution in [3.63, 3.8) is 0 Å². The summed E-state index contributed by atoms with van der Waals surface area (Å²) < 4.78 is 22.5. The highest BCUT2D eigenvalue weighted by Crippen LogP contribution is 2.14. The Bertz CT molecular complexity index is 1080. The molecule has 0 rings (SSSR count). The van der Waals surface area contributed by atoms with E-state index in [2.05, 4.69) is 62.5 Å². The Hall–Kier alpha value is -2.75. The molecule has 0 aromatic rings. The summed E-state index contributed by atoms with van der Waals surface area (Å²) >= 11 is 0. The van der Waals surface area contributed by atoms with E-state index in [9.17, 15) is 19.5 Å². The van der Waals surface area contributed by atoms with Gasteiger partial charge in [0.1, 0.15) is 13.2 Å². The van der Waals surface area contributed by atoms with Crippen molar-refractivity contribution >= 4 is 17.9 Å². The lowest BCUT2D eigenvalue weighted by Gasteiger charge is -2.26. The van der Waals surface area contributed by atoms with Crippen LogP contribution in [-0.4, -0.2) is 82.3 Å². The Morgan fingerprint density at radius 1 is 0.544 bits per heavy atom. The molecule has 57 heavy (non-hydrogen) atoms. The maximum Gasteiger partial charge on any atom is 0.306 e. The Kier molecular flexibility index (Phi) is 38.1. The molecule has 0 saturated heterocycles. The van der Waals surface area contributed by atoms with E-state index in [1.807, 2.05) is 21.1 Å². The average Bonchev–Trinajstić information content (AvgIpc) is 3.17. The molecule has 0 amide bonds. The van der Waals surface area contributed by atoms with Gasteiger partial charge in [-0.05, 0) is 51.4 Å². The van der Waals surface area contributed by atoms with Crippen LogP contribution in [0.3, 0.4) is 0 Å². The topological polar surface area (TPSA) is 111 Å². The van der Waals surface area contributed by atoms with Crippen molar-refractivity contribution < 1.29 is 42.9 Å². The van der Waals surface area contributed by atoms with E-state index in [4.69, 9.17) is 18.9 Å². The van der Waals surface area contributed by atoms with Crippen LogP contribution in [0.1, 0.15) is 181 Å². The Morgan fingerprint density at radius 3 is 1.49 bits per heavy atom. The third kappa shape index (κ3) is 41.2. The molecule has 0 aromatic heterocycles. The third-order valence-corrected chi connectivity index (χ3v) is 9.59. The maximum absolute atomic E-state index is 12.8. The number of allylic oxidation sites excluding steroid dienone is 8. The number of ether oxygens (including phenoxy) is 4. The first-order valence-corrected chi connectivity index (χ1v) is 22.8. The molecule has 0 saturated carbocycles. The molecule has 9 heteroatoms. The van der Waals surface area contributed by atoms with Crippen LogP contribution < -0.4 is 5.11 Å². The zero-order valence-electron chi connectivity index (χ0n) is 37.2. The molecule has 0 aliphatic carbocycles. The highest BCUT2D eigenvalue weighted by Gasteiger charge is 2.21. The second-order valence-electron chi connectivity index (χ2n) is 16.3. The first-order valence-electron chi connectivity index (χ1n) is 22.8. The van der Waals surface area contributed by atoms with Gasteiger partial charge in [0.15, 0.2) is 12.4 Å². The lowest BCUT2D eigenvalue weighted by atomic mass is 10.0. The highest BCUT2D eigenvalue weighted by atomic mass is 16.7. The first kappa shape index (κ1) is 54.2. The number of hydrogen-bond donors (Lipinski definition) is 0. The number of carbonyl (C=O) groups excluding carboxylic acids is 3. The number of carboxylic acid groups (broad SMARTS) is 1. The van der Waals surface area contributed by atoms with Gasteiger partial charge >= 0.3 is 11.9 Å². The molecule has 0 aliphatic heterocycles. The van der Waals surface area contributed by atoms with E-state index >= 15 is 0 Å². The molecule has 0 fully saturated rings. The summed E-state index contributed by atoms with van der Waals surface area (Å²) in [5.74, 6) is -2.30. The molecule has 0 radical (unpaired) electrons. The number of esters is 2. The molecule has 0 bridgehead atoms. The number of unbranched alkanes of at least 4 members (excludes halogenated alkanes) is 18. The van der Waals surface area contributed by atoms with Gasteiger partial charge in [-0.2, -0.15) is 0 Å². The highest BCUT2D eigenvalue weighted by molar-refractivity contribution is 5.70. The summed E-state index contributed by atoms with van der Waals surface area (Å²) in [6.45, 7) is 4.60. The quantitative estimate of drug-likeness (QED) is 0.0197. The largest absolute Gasteiger partial charge is 0.545 e. The molecule has 0 N–H and O–H groups in total. The predicted molar refractivity (Wildman–Crippen MR) is 232 cm³/mol. The van der Waals surface area contributed by atoms with E-state index in [-0.39, 0.29) is 32.2 Å². The molecule has 2 unspecified atom stereocenters. The minimum atomic E-state index is -1.62. The number of aliphatic carboxylic acids is 1. The van der Waals surface area contributed by atoms with Crippen molar-refractivity contribution in [2.45, 2.75) is 193 Å². The number of nitrogens with zero attached hydrogens (tertiary/aromatic N) is 1. The van der Waals surface area contributed by atoms with Gasteiger partial charge in [0, 0.05) is 12.8 Å². The molecule has 0 heterocycles. The van der Waals surface area contributed by atoms with E-state index in [0.717, 1.165) is 83.5 Å². The molecule has 9 nitrogen and oxygen atoms in total. The molecule has 0 aliphatic rings. The summed E-state index contributed by atoms with van der Waals surface area (Å²) in [4.78, 5) is 37.0. The van der Waals surface area contributed by atoms with Gasteiger partial charge in [-0.25, -0.2) is 0 Å². The van der Waals surface area contributed by atoms with Crippen molar-refractivity contribution in [2.75, 3.05) is 47.5 Å². The Balaban J connectivity index is 4.45. The van der Waals surface area contributed by atoms with Crippen LogP contribution in [-0.2, 0) is 33.3 Å². The molecule has 0 spiro atoms. The standard InChI is InChI=1S/C48H85NO8/c1-6-8-10-12-14-16-18-20-21-22-23-24-25-27-29-31-33-35-37-39-46(51)57-44(43-56-48(47(52)53)54-41-40-49(3,4)5)42-55-45(50)38-36-34-32-30-28-26-19-17-15-13-11-9-7-2/h8,10,14,16,20-21,23-24,44,48H,6-7,9,11-13,15,17-19,22,25-43H2,1-5H3/b10-8-,16-14-,21-20-,24-23-. The average molecular weight is 804 g/mol. The fraction of sp³-hybridized carbons (Fsp3) is 0.771. The summed E-state index contributed by atoms with van der Waals surface area (Å²) in [6.07, 6.45) is 42.8. The van der Waals surface area contributed by atoms with Gasteiger partial charge in [-0.1, -0.05) is 165 Å². The van der Waals surface area contributed by atoms with Crippen LogP contribution in [0, 0.1) is 0 Å². The van der Waals surface area contributed by atoms with Crippen molar-refractivity contribution in [3.8, 4) is 0 Å². The van der Waals surface area contributed by atoms with E-state index in [0.29, 0.717) is 23.9 Å². The molecule has 2 atom stereocenters. The van der Waals surface area contributed by atoms with Crippen LogP contribution in [0.15, 0.2) is 48.6 Å². The van der Waals surface area contributed by atoms with Crippen molar-refractivity contribution in [1.82, 2.24) is 0 Å². The second kappa shape index (κ2) is 40.0. The molecule has 0 aromatic carbocycles. The predicted octanol–water partition coefficient (Wildman–Crippen LogP) is 10.7. The lowest BCUT2D eigenvalue weighted by Crippen LogP contribution is -2.44. The van der Waals surface area contributed by atoms with Gasteiger partial charge in [-0.3, -0.25) is 9.59 Å². The number of carboxylic acids is 1. The molecular formula is C48H85NO8. The summed E-state index contributed by atoms with van der Waals surface area (Å²) in [5, 5.41) is 11.7. The van der Waals surface area contributed by atoms with E-state index < -0.39 is 24.3 Å². The number of carbonyl (C=O) groups is 3. The first-order chi connectivity index (χ1) is 27.6. The molecule has 330 valence electrons. The van der Waals surface area contributed by atoms with Crippen molar-refractivity contribution in [1.29, 1.82) is 0 Å². The smallest absolute Gasteiger partial charge is 0.306 e. The third-order valence-electron chi connectivity index (χ3n) is 9.59. The molecular weight excluding hydrogens is 719 g/mol. The Morgan fingerprint density at radius 2 is 1.00 bits per heavy atom. The zero-order chi connectivity index (χ0) is 42.1. The lowest BCUT2D eigenvalue weighted by molar-refractivity contribution is -0.870. The van der Waals surface area contributed by atoms with Crippen LogP contribution in [0.25, 0.3) is 0 Å². The van der Waals surface area contributed by atoms with Crippen LogP contribution >= 0.6 is 0 Å². The second-order valence-corrected chi connectivity index (χ2v) is 16.3. The van der Waals surface area contributed by atoms with Gasteiger partial charge in [0.2, 0.25) is 0 Å². The monoisotopic (exact) mass is 804 g/mol. The van der Waals surface area contributed by atoms with Crippen molar-refractivity contribution in [2.24, 2.45) is 0 Å². The minimum Gasteiger partial charge on any atom is -0.545 e. The Labute approximate surface area is 349 Å².